The Morgan fingerprint density at radius 2 is 2.26 bits per heavy atom. The number of halogens is 2. The zero-order valence-corrected chi connectivity index (χ0v) is 18.5. The number of fused-ring (bicyclic) bond motifs is 2. The van der Waals surface area contributed by atoms with Gasteiger partial charge in [0.15, 0.2) is 0 Å². The van der Waals surface area contributed by atoms with Crippen molar-refractivity contribution in [1.82, 2.24) is 19.7 Å². The van der Waals surface area contributed by atoms with Gasteiger partial charge in [0, 0.05) is 27.9 Å². The largest absolute Gasteiger partial charge is 0.481 e. The van der Waals surface area contributed by atoms with Gasteiger partial charge in [-0.1, -0.05) is 11.6 Å². The molecule has 1 aliphatic carbocycles. The Balaban J connectivity index is 1.54. The SMILES string of the molecule is O=C(O)CCOC[C@@H]1CC2=C=C[C@@H]2N1c1cc(-n2cncn2)c2cc(Cl)c(Br)cc2n1. The number of rotatable bonds is 7. The Kier molecular flexibility index (Phi) is 5.27. The number of hydrogen-bond donors (Lipinski definition) is 1. The molecular weight excluding hydrogens is 486 g/mol. The molecule has 0 spiro atoms. The molecule has 0 saturated carbocycles. The summed E-state index contributed by atoms with van der Waals surface area (Å²) in [6.07, 6.45) is 5.93. The molecule has 1 aliphatic heterocycles. The fourth-order valence-electron chi connectivity index (χ4n) is 3.97. The number of carbonyl (C=O) groups is 1. The fourth-order valence-corrected chi connectivity index (χ4v) is 4.47. The van der Waals surface area contributed by atoms with Crippen LogP contribution < -0.4 is 4.90 Å². The number of pyridine rings is 1. The Morgan fingerprint density at radius 1 is 1.39 bits per heavy atom. The average Bonchev–Trinajstić information content (AvgIpc) is 3.33. The van der Waals surface area contributed by atoms with Gasteiger partial charge in [-0.2, -0.15) is 5.10 Å². The van der Waals surface area contributed by atoms with Crippen LogP contribution in [0, 0.1) is 0 Å². The predicted octanol–water partition coefficient (Wildman–Crippen LogP) is 3.77. The van der Waals surface area contributed by atoms with E-state index in [1.807, 2.05) is 24.3 Å². The van der Waals surface area contributed by atoms with E-state index in [0.717, 1.165) is 33.3 Å². The number of benzene rings is 1. The van der Waals surface area contributed by atoms with E-state index in [1.165, 1.54) is 11.9 Å². The van der Waals surface area contributed by atoms with Crippen molar-refractivity contribution in [3.05, 3.63) is 57.7 Å². The molecule has 8 nitrogen and oxygen atoms in total. The summed E-state index contributed by atoms with van der Waals surface area (Å²) in [5.74, 6) is -0.0950. The third-order valence-electron chi connectivity index (χ3n) is 5.45. The van der Waals surface area contributed by atoms with Gasteiger partial charge in [-0.3, -0.25) is 4.79 Å². The molecule has 3 aromatic rings. The van der Waals surface area contributed by atoms with Gasteiger partial charge < -0.3 is 14.7 Å². The Labute approximate surface area is 190 Å². The van der Waals surface area contributed by atoms with Crippen molar-refractivity contribution in [2.24, 2.45) is 0 Å². The van der Waals surface area contributed by atoms with E-state index in [9.17, 15) is 4.79 Å². The number of aromatic nitrogens is 4. The number of ether oxygens (including phenoxy) is 1. The van der Waals surface area contributed by atoms with E-state index in [2.05, 4.69) is 36.6 Å². The number of carboxylic acid groups (broad SMARTS) is 1. The van der Waals surface area contributed by atoms with E-state index in [-0.39, 0.29) is 25.1 Å². The Hall–Kier alpha value is -2.71. The predicted molar refractivity (Wildman–Crippen MR) is 119 cm³/mol. The van der Waals surface area contributed by atoms with Crippen molar-refractivity contribution in [2.45, 2.75) is 24.9 Å². The summed E-state index contributed by atoms with van der Waals surface area (Å²) < 4.78 is 8.12. The van der Waals surface area contributed by atoms with Crippen LogP contribution in [-0.2, 0) is 9.53 Å². The van der Waals surface area contributed by atoms with Gasteiger partial charge in [0.25, 0.3) is 0 Å². The lowest BCUT2D eigenvalue weighted by molar-refractivity contribution is -0.138. The number of anilines is 1. The van der Waals surface area contributed by atoms with Crippen molar-refractivity contribution >= 4 is 50.2 Å². The zero-order valence-electron chi connectivity index (χ0n) is 16.2. The summed E-state index contributed by atoms with van der Waals surface area (Å²) in [5.41, 5.74) is 6.05. The Morgan fingerprint density at radius 3 is 2.97 bits per heavy atom. The van der Waals surface area contributed by atoms with Crippen LogP contribution in [0.25, 0.3) is 16.6 Å². The topological polar surface area (TPSA) is 93.4 Å². The molecule has 2 aliphatic rings. The quantitative estimate of drug-likeness (QED) is 0.388. The van der Waals surface area contributed by atoms with E-state index >= 15 is 0 Å². The summed E-state index contributed by atoms with van der Waals surface area (Å²) in [4.78, 5) is 22.0. The highest BCUT2D eigenvalue weighted by Gasteiger charge is 2.40. The van der Waals surface area contributed by atoms with Gasteiger partial charge in [-0.05, 0) is 34.1 Å². The second kappa shape index (κ2) is 8.09. The van der Waals surface area contributed by atoms with Crippen LogP contribution >= 0.6 is 27.5 Å². The van der Waals surface area contributed by atoms with E-state index in [0.29, 0.717) is 11.6 Å². The number of carboxylic acids is 1. The highest BCUT2D eigenvalue weighted by Crippen LogP contribution is 2.40. The first-order valence-electron chi connectivity index (χ1n) is 9.69. The molecule has 3 heterocycles. The van der Waals surface area contributed by atoms with Crippen LogP contribution in [0.5, 0.6) is 0 Å². The second-order valence-corrected chi connectivity index (χ2v) is 8.65. The molecule has 1 aromatic carbocycles. The molecule has 1 fully saturated rings. The van der Waals surface area contributed by atoms with Gasteiger partial charge in [-0.15, -0.1) is 5.73 Å². The molecule has 10 heteroatoms. The molecule has 31 heavy (non-hydrogen) atoms. The maximum atomic E-state index is 10.8. The molecule has 0 amide bonds. The smallest absolute Gasteiger partial charge is 0.305 e. The molecule has 5 rings (SSSR count). The van der Waals surface area contributed by atoms with Crippen molar-refractivity contribution in [3.8, 4) is 5.69 Å². The average molecular weight is 503 g/mol. The van der Waals surface area contributed by atoms with Crippen LogP contribution in [0.15, 0.2) is 52.7 Å². The van der Waals surface area contributed by atoms with Gasteiger partial charge >= 0.3 is 5.97 Å². The third-order valence-corrected chi connectivity index (χ3v) is 6.65. The first-order valence-corrected chi connectivity index (χ1v) is 10.9. The first kappa shape index (κ1) is 20.2. The van der Waals surface area contributed by atoms with Crippen LogP contribution in [-0.4, -0.2) is 56.1 Å². The standard InChI is InChI=1S/C21H17BrClN5O3/c22-15-7-17-14(6-16(15)23)19(27-11-24-10-25-27)8-20(26-17)28-13(5-12-1-2-18(12)28)9-31-4-3-21(29)30/h2,6-8,10-11,13,18H,3-5,9H2,(H,29,30)/t13-,18-/m0/s1. The zero-order chi connectivity index (χ0) is 21.5. The molecule has 0 unspecified atom stereocenters. The monoisotopic (exact) mass is 501 g/mol. The van der Waals surface area contributed by atoms with Crippen LogP contribution in [0.2, 0.25) is 5.02 Å². The minimum Gasteiger partial charge on any atom is -0.481 e. The normalized spacial score (nSPS) is 19.4. The maximum Gasteiger partial charge on any atom is 0.305 e. The number of nitrogens with zero attached hydrogens (tertiary/aromatic N) is 5. The van der Waals surface area contributed by atoms with E-state index < -0.39 is 5.97 Å². The van der Waals surface area contributed by atoms with Gasteiger partial charge in [0.2, 0.25) is 0 Å². The summed E-state index contributed by atoms with van der Waals surface area (Å²) in [6.45, 7) is 0.586. The van der Waals surface area contributed by atoms with E-state index in [1.54, 1.807) is 11.0 Å². The van der Waals surface area contributed by atoms with Crippen molar-refractivity contribution in [1.29, 1.82) is 0 Å². The lowest BCUT2D eigenvalue weighted by Gasteiger charge is -2.31. The molecule has 1 N–H and O–H groups in total. The fraction of sp³-hybridized carbons (Fsp3) is 0.286. The van der Waals surface area contributed by atoms with Gasteiger partial charge in [0.05, 0.1) is 47.9 Å². The number of aliphatic carboxylic acids is 1. The minimum absolute atomic E-state index is 0.0173. The van der Waals surface area contributed by atoms with Crippen molar-refractivity contribution in [2.75, 3.05) is 18.1 Å². The number of hydrogen-bond acceptors (Lipinski definition) is 6. The molecule has 158 valence electrons. The highest BCUT2D eigenvalue weighted by atomic mass is 79.9. The highest BCUT2D eigenvalue weighted by molar-refractivity contribution is 9.10. The maximum absolute atomic E-state index is 10.8. The second-order valence-electron chi connectivity index (χ2n) is 7.39. The van der Waals surface area contributed by atoms with Crippen LogP contribution in [0.4, 0.5) is 5.82 Å². The molecule has 2 atom stereocenters. The van der Waals surface area contributed by atoms with Gasteiger partial charge in [-0.25, -0.2) is 14.6 Å². The summed E-state index contributed by atoms with van der Waals surface area (Å²) >= 11 is 9.84. The Bertz CT molecular complexity index is 1240. The lowest BCUT2D eigenvalue weighted by Crippen LogP contribution is -2.39. The van der Waals surface area contributed by atoms with Crippen molar-refractivity contribution in [3.63, 3.8) is 0 Å². The summed E-state index contributed by atoms with van der Waals surface area (Å²) in [5, 5.41) is 14.6. The third kappa shape index (κ3) is 3.74. The van der Waals surface area contributed by atoms with Crippen molar-refractivity contribution < 1.29 is 14.6 Å². The van der Waals surface area contributed by atoms with Crippen LogP contribution in [0.3, 0.4) is 0 Å². The van der Waals surface area contributed by atoms with Crippen LogP contribution in [0.1, 0.15) is 12.8 Å². The molecule has 2 aromatic heterocycles. The summed E-state index contributed by atoms with van der Waals surface area (Å²) in [6, 6.07) is 5.87. The van der Waals surface area contributed by atoms with Gasteiger partial charge in [0.1, 0.15) is 18.5 Å². The molecular formula is C21H17BrClN5O3. The van der Waals surface area contributed by atoms with E-state index in [4.69, 9.17) is 26.4 Å². The minimum atomic E-state index is -0.870. The molecule has 1 saturated heterocycles. The first-order chi connectivity index (χ1) is 15.0. The molecule has 0 radical (unpaired) electrons. The molecule has 0 bridgehead atoms. The lowest BCUT2D eigenvalue weighted by atomic mass is 10.0. The summed E-state index contributed by atoms with van der Waals surface area (Å²) in [7, 11) is 0.